The quantitative estimate of drug-likeness (QED) is 0.364. The fourth-order valence-corrected chi connectivity index (χ4v) is 5.33. The molecule has 1 aliphatic heterocycles. The number of benzene rings is 2. The van der Waals surface area contributed by atoms with E-state index >= 15 is 0 Å². The number of aliphatic hydroxyl groups excluding tert-OH is 1. The van der Waals surface area contributed by atoms with Gasteiger partial charge in [-0.15, -0.1) is 11.3 Å². The van der Waals surface area contributed by atoms with Gasteiger partial charge in [-0.25, -0.2) is 4.98 Å². The van der Waals surface area contributed by atoms with Gasteiger partial charge in [-0.2, -0.15) is 5.10 Å². The summed E-state index contributed by atoms with van der Waals surface area (Å²) in [4.78, 5) is 9.42. The van der Waals surface area contributed by atoms with Crippen LogP contribution in [0.5, 0.6) is 5.75 Å². The summed E-state index contributed by atoms with van der Waals surface area (Å²) in [6, 6.07) is 16.4. The Morgan fingerprint density at radius 2 is 1.80 bits per heavy atom. The van der Waals surface area contributed by atoms with Crippen LogP contribution in [0.4, 0.5) is 0 Å². The van der Waals surface area contributed by atoms with Crippen molar-refractivity contribution in [2.75, 3.05) is 45.9 Å². The number of hydrogen-bond acceptors (Lipinski definition) is 7. The zero-order valence-electron chi connectivity index (χ0n) is 20.2. The van der Waals surface area contributed by atoms with E-state index in [4.69, 9.17) is 4.74 Å². The van der Waals surface area contributed by atoms with Crippen molar-refractivity contribution in [1.82, 2.24) is 24.6 Å². The molecule has 2 aromatic carbocycles. The van der Waals surface area contributed by atoms with Crippen molar-refractivity contribution in [2.45, 2.75) is 26.0 Å². The normalized spacial score (nSPS) is 16.1. The van der Waals surface area contributed by atoms with E-state index in [1.165, 1.54) is 10.3 Å². The third kappa shape index (κ3) is 6.27. The van der Waals surface area contributed by atoms with Gasteiger partial charge >= 0.3 is 0 Å². The summed E-state index contributed by atoms with van der Waals surface area (Å²) in [5.41, 5.74) is 3.33. The highest BCUT2D eigenvalue weighted by molar-refractivity contribution is 7.18. The van der Waals surface area contributed by atoms with Crippen molar-refractivity contribution in [3.8, 4) is 16.9 Å². The van der Waals surface area contributed by atoms with Crippen LogP contribution in [0.25, 0.3) is 21.3 Å². The van der Waals surface area contributed by atoms with Gasteiger partial charge in [0.05, 0.1) is 28.0 Å². The Bertz CT molecular complexity index is 1220. The number of piperazine rings is 1. The first-order valence-electron chi connectivity index (χ1n) is 12.4. The van der Waals surface area contributed by atoms with Crippen molar-refractivity contribution < 1.29 is 9.84 Å². The number of aliphatic hydroxyl groups is 1. The molecule has 1 N–H and O–H groups in total. The van der Waals surface area contributed by atoms with E-state index in [1.807, 2.05) is 29.1 Å². The third-order valence-corrected chi connectivity index (χ3v) is 7.65. The molecule has 7 nitrogen and oxygen atoms in total. The molecule has 0 spiro atoms. The van der Waals surface area contributed by atoms with E-state index in [-0.39, 0.29) is 0 Å². The fourth-order valence-electron chi connectivity index (χ4n) is 4.44. The van der Waals surface area contributed by atoms with Crippen LogP contribution in [0, 0.1) is 0 Å². The van der Waals surface area contributed by atoms with Gasteiger partial charge in [-0.3, -0.25) is 14.5 Å². The maximum Gasteiger partial charge on any atom is 0.121 e. The van der Waals surface area contributed by atoms with Gasteiger partial charge < -0.3 is 9.84 Å². The Balaban J connectivity index is 1.02. The van der Waals surface area contributed by atoms with Crippen LogP contribution >= 0.6 is 11.3 Å². The molecule has 184 valence electrons. The van der Waals surface area contributed by atoms with Crippen molar-refractivity contribution in [3.05, 3.63) is 65.9 Å². The minimum atomic E-state index is -0.514. The standard InChI is InChI=1S/C27H33N5O2S/c1-2-27-29-25-16-24(8-9-26(25)35-27)34-20-23(33)19-31-12-10-30(11-13-31)14-15-32-18-22(17-28-32)21-6-4-3-5-7-21/h3-9,16-18,23,33H,2,10-15,19-20H2,1H3. The van der Waals surface area contributed by atoms with Crippen LogP contribution in [-0.2, 0) is 13.0 Å². The Kier molecular flexibility index (Phi) is 7.73. The molecule has 1 atom stereocenters. The predicted molar refractivity (Wildman–Crippen MR) is 141 cm³/mol. The third-order valence-electron chi connectivity index (χ3n) is 6.47. The van der Waals surface area contributed by atoms with Crippen molar-refractivity contribution in [2.24, 2.45) is 0 Å². The van der Waals surface area contributed by atoms with E-state index < -0.39 is 6.10 Å². The molecule has 1 saturated heterocycles. The van der Waals surface area contributed by atoms with Gasteiger partial charge in [0.25, 0.3) is 0 Å². The number of rotatable bonds is 10. The molecule has 5 rings (SSSR count). The summed E-state index contributed by atoms with van der Waals surface area (Å²) in [5.74, 6) is 0.767. The molecule has 0 radical (unpaired) electrons. The van der Waals surface area contributed by atoms with Crippen LogP contribution < -0.4 is 4.74 Å². The van der Waals surface area contributed by atoms with Crippen LogP contribution in [0.3, 0.4) is 0 Å². The lowest BCUT2D eigenvalue weighted by molar-refractivity contribution is 0.0453. The zero-order chi connectivity index (χ0) is 24.0. The summed E-state index contributed by atoms with van der Waals surface area (Å²) in [6.45, 7) is 8.81. The van der Waals surface area contributed by atoms with Gasteiger partial charge in [0, 0.05) is 57.1 Å². The highest BCUT2D eigenvalue weighted by Gasteiger charge is 2.19. The number of thiazole rings is 1. The topological polar surface area (TPSA) is 66.7 Å². The maximum atomic E-state index is 10.5. The molecule has 1 aliphatic rings. The molecule has 0 saturated carbocycles. The van der Waals surface area contributed by atoms with Gasteiger partial charge in [-0.05, 0) is 24.1 Å². The number of fused-ring (bicyclic) bond motifs is 1. The first-order chi connectivity index (χ1) is 17.2. The Morgan fingerprint density at radius 1 is 1.00 bits per heavy atom. The minimum absolute atomic E-state index is 0.291. The molecule has 35 heavy (non-hydrogen) atoms. The van der Waals surface area contributed by atoms with Crippen molar-refractivity contribution in [1.29, 1.82) is 0 Å². The number of hydrogen-bond donors (Lipinski definition) is 1. The van der Waals surface area contributed by atoms with Crippen molar-refractivity contribution in [3.63, 3.8) is 0 Å². The molecule has 0 aliphatic carbocycles. The molecular formula is C27H33N5O2S. The van der Waals surface area contributed by atoms with Crippen LogP contribution in [0.15, 0.2) is 60.9 Å². The minimum Gasteiger partial charge on any atom is -0.491 e. The van der Waals surface area contributed by atoms with E-state index in [0.717, 1.165) is 67.5 Å². The largest absolute Gasteiger partial charge is 0.491 e. The SMILES string of the molecule is CCc1nc2cc(OCC(O)CN3CCN(CCn4cc(-c5ccccc5)cn4)CC3)ccc2s1. The second-order valence-corrected chi connectivity index (χ2v) is 10.2. The Hall–Kier alpha value is -2.78. The van der Waals surface area contributed by atoms with E-state index in [2.05, 4.69) is 63.3 Å². The Morgan fingerprint density at radius 3 is 2.60 bits per heavy atom. The van der Waals surface area contributed by atoms with Crippen LogP contribution in [0.2, 0.25) is 0 Å². The van der Waals surface area contributed by atoms with Gasteiger partial charge in [0.1, 0.15) is 18.5 Å². The smallest absolute Gasteiger partial charge is 0.121 e. The second-order valence-electron chi connectivity index (χ2n) is 9.06. The molecule has 1 fully saturated rings. The summed E-state index contributed by atoms with van der Waals surface area (Å²) in [6.07, 6.45) is 4.49. The average molecular weight is 492 g/mol. The molecule has 8 heteroatoms. The van der Waals surface area contributed by atoms with E-state index in [1.54, 1.807) is 11.3 Å². The van der Waals surface area contributed by atoms with Crippen LogP contribution in [-0.4, -0.2) is 81.7 Å². The first kappa shape index (κ1) is 23.9. The second kappa shape index (κ2) is 11.3. The predicted octanol–water partition coefficient (Wildman–Crippen LogP) is 3.78. The maximum absolute atomic E-state index is 10.5. The summed E-state index contributed by atoms with van der Waals surface area (Å²) in [7, 11) is 0. The molecule has 2 aromatic heterocycles. The molecule has 1 unspecified atom stereocenters. The first-order valence-corrected chi connectivity index (χ1v) is 13.2. The lowest BCUT2D eigenvalue weighted by Gasteiger charge is -2.35. The number of aryl methyl sites for hydroxylation is 1. The Labute approximate surface area is 210 Å². The molecule has 4 aromatic rings. The van der Waals surface area contributed by atoms with Crippen molar-refractivity contribution >= 4 is 21.6 Å². The van der Waals surface area contributed by atoms with E-state index in [0.29, 0.717) is 13.2 Å². The summed E-state index contributed by atoms with van der Waals surface area (Å²) >= 11 is 1.72. The lowest BCUT2D eigenvalue weighted by Crippen LogP contribution is -2.49. The van der Waals surface area contributed by atoms with Gasteiger partial charge in [0.2, 0.25) is 0 Å². The van der Waals surface area contributed by atoms with Gasteiger partial charge in [-0.1, -0.05) is 37.3 Å². The summed E-state index contributed by atoms with van der Waals surface area (Å²) < 4.78 is 9.08. The van der Waals surface area contributed by atoms with E-state index in [9.17, 15) is 5.11 Å². The highest BCUT2D eigenvalue weighted by Crippen LogP contribution is 2.26. The number of ether oxygens (including phenoxy) is 1. The summed E-state index contributed by atoms with van der Waals surface area (Å²) in [5, 5.41) is 16.2. The number of nitrogens with zero attached hydrogens (tertiary/aromatic N) is 5. The highest BCUT2D eigenvalue weighted by atomic mass is 32.1. The monoisotopic (exact) mass is 491 g/mol. The molecule has 3 heterocycles. The van der Waals surface area contributed by atoms with Gasteiger partial charge in [0.15, 0.2) is 0 Å². The van der Waals surface area contributed by atoms with Crippen LogP contribution in [0.1, 0.15) is 11.9 Å². The lowest BCUT2D eigenvalue weighted by atomic mass is 10.1. The fraction of sp³-hybridized carbons (Fsp3) is 0.407. The molecule has 0 amide bonds. The number of β-amino-alcohol motifs (C(OH)–C–C–N with tert-alkyl or cyclic N) is 1. The molecule has 0 bridgehead atoms. The zero-order valence-corrected chi connectivity index (χ0v) is 21.0. The number of aromatic nitrogens is 3. The molecular weight excluding hydrogens is 458 g/mol. The average Bonchev–Trinajstić information content (AvgIpc) is 3.54.